The summed E-state index contributed by atoms with van der Waals surface area (Å²) < 4.78 is 26.0. The summed E-state index contributed by atoms with van der Waals surface area (Å²) in [4.78, 5) is 42.1. The van der Waals surface area contributed by atoms with Crippen molar-refractivity contribution in [1.29, 1.82) is 0 Å². The van der Waals surface area contributed by atoms with Crippen molar-refractivity contribution in [3.8, 4) is 0 Å². The molecule has 10 heteroatoms. The Kier molecular flexibility index (Phi) is 8.38. The van der Waals surface area contributed by atoms with E-state index in [4.69, 9.17) is 0 Å². The van der Waals surface area contributed by atoms with Crippen molar-refractivity contribution in [3.63, 3.8) is 0 Å². The van der Waals surface area contributed by atoms with Crippen molar-refractivity contribution in [2.75, 3.05) is 12.3 Å². The lowest BCUT2D eigenvalue weighted by Crippen LogP contribution is -2.68. The Morgan fingerprint density at radius 3 is 2.05 bits per heavy atom. The van der Waals surface area contributed by atoms with E-state index in [1.165, 1.54) is 4.90 Å². The molecule has 4 rings (SSSR count). The third kappa shape index (κ3) is 5.63. The predicted octanol–water partition coefficient (Wildman–Crippen LogP) is 4.60. The van der Waals surface area contributed by atoms with Crippen LogP contribution in [0.3, 0.4) is 0 Å². The van der Waals surface area contributed by atoms with Gasteiger partial charge in [0, 0.05) is 12.5 Å². The molecule has 0 aromatic rings. The van der Waals surface area contributed by atoms with Gasteiger partial charge in [0.15, 0.2) is 9.84 Å². The average Bonchev–Trinajstić information content (AvgIpc) is 3.18. The number of amides is 3. The Morgan fingerprint density at radius 1 is 0.976 bits per heavy atom. The van der Waals surface area contributed by atoms with Gasteiger partial charge in [-0.05, 0) is 75.0 Å². The first-order valence-electron chi connectivity index (χ1n) is 15.6. The largest absolute Gasteiger partial charge is 0.480 e. The van der Waals surface area contributed by atoms with Gasteiger partial charge in [-0.15, -0.1) is 0 Å². The van der Waals surface area contributed by atoms with Crippen molar-refractivity contribution >= 4 is 27.7 Å². The summed E-state index contributed by atoms with van der Waals surface area (Å²) >= 11 is 0. The number of hydrogen-bond donors (Lipinski definition) is 3. The molecule has 1 heterocycles. The quantitative estimate of drug-likeness (QED) is 0.394. The van der Waals surface area contributed by atoms with Crippen molar-refractivity contribution < 1.29 is 27.9 Å². The molecule has 3 amide bonds. The SMILES string of the molecule is C[C@@H]1CCC[C@H](C)C1(CS(=O)(=O)C(C)(C)C)NC(=O)N[C@H](C(=O)N1C[C@H]2[C@@H]([C@H]1C(=O)O)C2(C)C)C1(C)CCCCC1. The Bertz CT molecular complexity index is 1140. The van der Waals surface area contributed by atoms with Gasteiger partial charge < -0.3 is 20.6 Å². The highest BCUT2D eigenvalue weighted by atomic mass is 32.2. The van der Waals surface area contributed by atoms with Crippen LogP contribution in [0.1, 0.15) is 107 Å². The number of nitrogens with zero attached hydrogens (tertiary/aromatic N) is 1. The van der Waals surface area contributed by atoms with Crippen molar-refractivity contribution in [3.05, 3.63) is 0 Å². The first-order valence-corrected chi connectivity index (χ1v) is 17.3. The second-order valence-electron chi connectivity index (χ2n) is 15.6. The third-order valence-electron chi connectivity index (χ3n) is 11.7. The zero-order valence-corrected chi connectivity index (χ0v) is 27.2. The van der Waals surface area contributed by atoms with E-state index in [0.717, 1.165) is 51.4 Å². The fraction of sp³-hybridized carbons (Fsp3) is 0.903. The van der Waals surface area contributed by atoms with Crippen molar-refractivity contribution in [1.82, 2.24) is 15.5 Å². The van der Waals surface area contributed by atoms with E-state index < -0.39 is 49.6 Å². The Labute approximate surface area is 246 Å². The number of carboxylic acids is 1. The standard InChI is InChI=1S/C31H53N3O6S/c1-19-13-12-14-20(2)31(19,18-41(39,40)28(3,4)5)33-27(38)32-24(30(8)15-10-9-11-16-30)25(35)34-17-21-22(29(21,6)7)23(34)26(36)37/h19-24H,9-18H2,1-8H3,(H,36,37)(H2,32,33,38)/t19-,20+,21-,22-,23-,24+,31?/m0/s1. The van der Waals surface area contributed by atoms with Gasteiger partial charge in [-0.3, -0.25) is 4.79 Å². The summed E-state index contributed by atoms with van der Waals surface area (Å²) in [5, 5.41) is 16.3. The van der Waals surface area contributed by atoms with Crippen LogP contribution in [-0.2, 0) is 19.4 Å². The van der Waals surface area contributed by atoms with Gasteiger partial charge in [-0.1, -0.05) is 60.3 Å². The van der Waals surface area contributed by atoms with Crippen molar-refractivity contribution in [2.24, 2.45) is 34.5 Å². The van der Waals surface area contributed by atoms with E-state index in [1.807, 2.05) is 20.8 Å². The molecule has 7 atom stereocenters. The second kappa shape index (κ2) is 10.7. The molecule has 1 aliphatic heterocycles. The highest BCUT2D eigenvalue weighted by Crippen LogP contribution is 2.65. The number of carboxylic acid groups (broad SMARTS) is 1. The zero-order valence-electron chi connectivity index (χ0n) is 26.4. The number of carbonyl (C=O) groups is 3. The molecule has 0 aromatic carbocycles. The fourth-order valence-electron chi connectivity index (χ4n) is 8.35. The highest BCUT2D eigenvalue weighted by Gasteiger charge is 2.70. The molecular weight excluding hydrogens is 542 g/mol. The maximum atomic E-state index is 14.3. The molecule has 1 unspecified atom stereocenters. The van der Waals surface area contributed by atoms with Gasteiger partial charge in [-0.2, -0.15) is 0 Å². The minimum absolute atomic E-state index is 0.0714. The maximum Gasteiger partial charge on any atom is 0.326 e. The van der Waals surface area contributed by atoms with E-state index in [-0.39, 0.29) is 40.7 Å². The van der Waals surface area contributed by atoms with E-state index in [1.54, 1.807) is 20.8 Å². The summed E-state index contributed by atoms with van der Waals surface area (Å²) in [5.74, 6) is -1.59. The molecule has 234 valence electrons. The molecule has 0 spiro atoms. The van der Waals surface area contributed by atoms with Crippen molar-refractivity contribution in [2.45, 2.75) is 129 Å². The zero-order chi connectivity index (χ0) is 30.8. The number of urea groups is 1. The topological polar surface area (TPSA) is 133 Å². The molecule has 4 aliphatic rings. The number of aliphatic carboxylic acids is 1. The van der Waals surface area contributed by atoms with Crippen LogP contribution >= 0.6 is 0 Å². The number of rotatable bonds is 7. The molecule has 1 saturated heterocycles. The lowest BCUT2D eigenvalue weighted by Gasteiger charge is -2.49. The van der Waals surface area contributed by atoms with E-state index in [2.05, 4.69) is 24.5 Å². The van der Waals surface area contributed by atoms with Crippen LogP contribution in [0, 0.1) is 34.5 Å². The van der Waals surface area contributed by atoms with Crippen LogP contribution in [0.2, 0.25) is 0 Å². The van der Waals surface area contributed by atoms with Crippen LogP contribution < -0.4 is 10.6 Å². The molecule has 9 nitrogen and oxygen atoms in total. The second-order valence-corrected chi connectivity index (χ2v) is 18.4. The summed E-state index contributed by atoms with van der Waals surface area (Å²) in [7, 11) is -3.57. The number of hydrogen-bond acceptors (Lipinski definition) is 5. The summed E-state index contributed by atoms with van der Waals surface area (Å²) in [5.41, 5.74) is -1.61. The Morgan fingerprint density at radius 2 is 1.54 bits per heavy atom. The highest BCUT2D eigenvalue weighted by molar-refractivity contribution is 7.92. The average molecular weight is 596 g/mol. The number of sulfone groups is 1. The van der Waals surface area contributed by atoms with Gasteiger partial charge in [0.2, 0.25) is 5.91 Å². The first kappa shape index (κ1) is 32.1. The van der Waals surface area contributed by atoms with Gasteiger partial charge in [0.05, 0.1) is 16.0 Å². The van der Waals surface area contributed by atoms with Crippen LogP contribution in [0.5, 0.6) is 0 Å². The van der Waals surface area contributed by atoms with Gasteiger partial charge in [0.25, 0.3) is 0 Å². The van der Waals surface area contributed by atoms with Crippen LogP contribution in [-0.4, -0.2) is 71.0 Å². The number of fused-ring (bicyclic) bond motifs is 1. The number of carbonyl (C=O) groups excluding carboxylic acids is 2. The molecule has 0 bridgehead atoms. The van der Waals surface area contributed by atoms with E-state index in [0.29, 0.717) is 6.54 Å². The van der Waals surface area contributed by atoms with E-state index >= 15 is 0 Å². The summed E-state index contributed by atoms with van der Waals surface area (Å²) in [6.45, 7) is 15.6. The predicted molar refractivity (Wildman–Crippen MR) is 159 cm³/mol. The van der Waals surface area contributed by atoms with Gasteiger partial charge in [0.1, 0.15) is 12.1 Å². The molecule has 0 aromatic heterocycles. The van der Waals surface area contributed by atoms with E-state index in [9.17, 15) is 27.9 Å². The van der Waals surface area contributed by atoms with Crippen LogP contribution in [0.25, 0.3) is 0 Å². The Hall–Kier alpha value is -1.84. The van der Waals surface area contributed by atoms with Gasteiger partial charge in [-0.25, -0.2) is 18.0 Å². The number of nitrogens with one attached hydrogen (secondary N) is 2. The van der Waals surface area contributed by atoms with Crippen LogP contribution in [0.15, 0.2) is 0 Å². The maximum absolute atomic E-state index is 14.3. The monoisotopic (exact) mass is 595 g/mol. The molecule has 3 N–H and O–H groups in total. The molecule has 4 fully saturated rings. The lowest BCUT2D eigenvalue weighted by atomic mass is 9.68. The summed E-state index contributed by atoms with van der Waals surface area (Å²) in [6, 6.07) is -2.34. The molecule has 3 saturated carbocycles. The summed E-state index contributed by atoms with van der Waals surface area (Å²) in [6.07, 6.45) is 7.01. The smallest absolute Gasteiger partial charge is 0.326 e. The number of likely N-dealkylation sites (tertiary alicyclic amines) is 1. The molecular formula is C31H53N3O6S. The number of piperidine rings is 1. The lowest BCUT2D eigenvalue weighted by molar-refractivity contribution is -0.152. The third-order valence-corrected chi connectivity index (χ3v) is 14.4. The normalized spacial score (nSPS) is 35.2. The van der Waals surface area contributed by atoms with Gasteiger partial charge >= 0.3 is 12.0 Å². The molecule has 3 aliphatic carbocycles. The van der Waals surface area contributed by atoms with Crippen LogP contribution in [0.4, 0.5) is 4.79 Å². The first-order chi connectivity index (χ1) is 18.8. The molecule has 0 radical (unpaired) electrons. The fourth-order valence-corrected chi connectivity index (χ4v) is 10.1. The minimum atomic E-state index is -3.57. The Balaban J connectivity index is 1.64. The minimum Gasteiger partial charge on any atom is -0.480 e. The molecule has 41 heavy (non-hydrogen) atoms.